The number of nitrogens with one attached hydrogen (secondary N) is 1. The van der Waals surface area contributed by atoms with Crippen molar-refractivity contribution in [2.75, 3.05) is 14.2 Å². The van der Waals surface area contributed by atoms with Crippen LogP contribution < -0.4 is 19.6 Å². The number of hydrogen-bond acceptors (Lipinski definition) is 5. The Balaban J connectivity index is 2.06. The van der Waals surface area contributed by atoms with Crippen LogP contribution in [0, 0.1) is 5.82 Å². The fourth-order valence-corrected chi connectivity index (χ4v) is 2.15. The van der Waals surface area contributed by atoms with Gasteiger partial charge in [-0.15, -0.1) is 0 Å². The van der Waals surface area contributed by atoms with Gasteiger partial charge in [-0.3, -0.25) is 4.79 Å². The number of halogens is 1. The molecule has 2 aromatic rings. The minimum absolute atomic E-state index is 0.0157. The Bertz CT molecular complexity index is 806. The molecule has 0 heterocycles. The van der Waals surface area contributed by atoms with Crippen molar-refractivity contribution in [1.82, 2.24) is 5.43 Å². The zero-order valence-electron chi connectivity index (χ0n) is 15.1. The first kappa shape index (κ1) is 19.2. The third-order valence-corrected chi connectivity index (χ3v) is 3.34. The number of amides is 1. The van der Waals surface area contributed by atoms with Gasteiger partial charge in [0.05, 0.1) is 26.5 Å². The number of carbonyl (C=O) groups is 1. The number of hydrogen-bond donors (Lipinski definition) is 1. The lowest BCUT2D eigenvalue weighted by Gasteiger charge is -2.14. The normalized spacial score (nSPS) is 10.8. The van der Waals surface area contributed by atoms with Gasteiger partial charge in [0.15, 0.2) is 23.1 Å². The van der Waals surface area contributed by atoms with Gasteiger partial charge in [0.2, 0.25) is 0 Å². The molecule has 0 aromatic heterocycles. The highest BCUT2D eigenvalue weighted by molar-refractivity contribution is 5.95. The summed E-state index contributed by atoms with van der Waals surface area (Å²) in [5.41, 5.74) is 3.23. The molecule has 26 heavy (non-hydrogen) atoms. The number of methoxy groups -OCH3 is 2. The van der Waals surface area contributed by atoms with Crippen molar-refractivity contribution in [1.29, 1.82) is 0 Å². The molecule has 2 rings (SSSR count). The summed E-state index contributed by atoms with van der Waals surface area (Å²) < 4.78 is 29.3. The van der Waals surface area contributed by atoms with Crippen molar-refractivity contribution in [3.8, 4) is 17.2 Å². The number of ether oxygens (including phenoxy) is 3. The van der Waals surface area contributed by atoms with Gasteiger partial charge in [0.25, 0.3) is 5.91 Å². The molecule has 0 aliphatic rings. The fourth-order valence-electron chi connectivity index (χ4n) is 2.15. The molecule has 7 heteroatoms. The Hall–Kier alpha value is -3.09. The Morgan fingerprint density at radius 3 is 2.38 bits per heavy atom. The summed E-state index contributed by atoms with van der Waals surface area (Å²) in [6.07, 6.45) is 1.33. The maximum atomic E-state index is 13.6. The van der Waals surface area contributed by atoms with Crippen molar-refractivity contribution in [3.05, 3.63) is 53.3 Å². The predicted octanol–water partition coefficient (Wildman–Crippen LogP) is 3.39. The highest BCUT2D eigenvalue weighted by Gasteiger charge is 2.11. The standard InChI is InChI=1S/C19H21FN2O4/c1-12(2)26-17-8-6-14(10-18(17)25-4)19(23)22-21-11-13-5-7-16(24-3)15(20)9-13/h5-12H,1-4H3,(H,22,23)/b21-11-. The van der Waals surface area contributed by atoms with Crippen molar-refractivity contribution in [2.45, 2.75) is 20.0 Å². The van der Waals surface area contributed by atoms with Crippen LogP contribution in [0.25, 0.3) is 0 Å². The average molecular weight is 360 g/mol. The third-order valence-electron chi connectivity index (χ3n) is 3.34. The van der Waals surface area contributed by atoms with Crippen LogP contribution in [0.4, 0.5) is 4.39 Å². The van der Waals surface area contributed by atoms with E-state index in [1.165, 1.54) is 32.6 Å². The summed E-state index contributed by atoms with van der Waals surface area (Å²) in [6.45, 7) is 3.80. The van der Waals surface area contributed by atoms with Crippen molar-refractivity contribution >= 4 is 12.1 Å². The van der Waals surface area contributed by atoms with Gasteiger partial charge in [0.1, 0.15) is 0 Å². The van der Waals surface area contributed by atoms with E-state index in [1.54, 1.807) is 24.3 Å². The zero-order valence-corrected chi connectivity index (χ0v) is 15.1. The first-order valence-electron chi connectivity index (χ1n) is 7.96. The maximum absolute atomic E-state index is 13.6. The largest absolute Gasteiger partial charge is 0.494 e. The van der Waals surface area contributed by atoms with E-state index in [2.05, 4.69) is 10.5 Å². The minimum Gasteiger partial charge on any atom is -0.494 e. The van der Waals surface area contributed by atoms with Gasteiger partial charge in [0, 0.05) is 5.56 Å². The van der Waals surface area contributed by atoms with Crippen LogP contribution in [-0.4, -0.2) is 32.4 Å². The fraction of sp³-hybridized carbons (Fsp3) is 0.263. The Morgan fingerprint density at radius 1 is 1.08 bits per heavy atom. The van der Waals surface area contributed by atoms with Gasteiger partial charge in [-0.25, -0.2) is 9.82 Å². The van der Waals surface area contributed by atoms with Crippen LogP contribution in [0.5, 0.6) is 17.2 Å². The predicted molar refractivity (Wildman–Crippen MR) is 96.8 cm³/mol. The summed E-state index contributed by atoms with van der Waals surface area (Å²) in [5, 5.41) is 3.84. The second-order valence-corrected chi connectivity index (χ2v) is 5.63. The van der Waals surface area contributed by atoms with Crippen molar-refractivity contribution < 1.29 is 23.4 Å². The zero-order chi connectivity index (χ0) is 19.1. The SMILES string of the molecule is COc1ccc(/C=N\NC(=O)c2ccc(OC(C)C)c(OC)c2)cc1F. The van der Waals surface area contributed by atoms with Gasteiger partial charge in [-0.1, -0.05) is 0 Å². The van der Waals surface area contributed by atoms with E-state index in [4.69, 9.17) is 14.2 Å². The number of rotatable bonds is 7. The number of nitrogens with zero attached hydrogens (tertiary/aromatic N) is 1. The number of benzene rings is 2. The molecule has 0 radical (unpaired) electrons. The Morgan fingerprint density at radius 2 is 1.77 bits per heavy atom. The second-order valence-electron chi connectivity index (χ2n) is 5.63. The van der Waals surface area contributed by atoms with E-state index >= 15 is 0 Å². The molecule has 1 N–H and O–H groups in total. The molecule has 6 nitrogen and oxygen atoms in total. The second kappa shape index (κ2) is 8.84. The van der Waals surface area contributed by atoms with Crippen LogP contribution in [0.15, 0.2) is 41.5 Å². The summed E-state index contributed by atoms with van der Waals surface area (Å²) in [5.74, 6) is 0.212. The van der Waals surface area contributed by atoms with Crippen LogP contribution in [0.1, 0.15) is 29.8 Å². The summed E-state index contributed by atoms with van der Waals surface area (Å²) in [7, 11) is 2.89. The van der Waals surface area contributed by atoms with Crippen LogP contribution in [0.2, 0.25) is 0 Å². The molecular formula is C19H21FN2O4. The van der Waals surface area contributed by atoms with Crippen LogP contribution in [0.3, 0.4) is 0 Å². The highest BCUT2D eigenvalue weighted by atomic mass is 19.1. The molecule has 0 aliphatic carbocycles. The lowest BCUT2D eigenvalue weighted by atomic mass is 10.2. The third kappa shape index (κ3) is 4.95. The molecule has 0 saturated carbocycles. The molecule has 0 atom stereocenters. The number of carbonyl (C=O) groups excluding carboxylic acids is 1. The molecule has 0 bridgehead atoms. The molecule has 0 saturated heterocycles. The molecule has 0 aliphatic heterocycles. The van der Waals surface area contributed by atoms with Crippen LogP contribution in [-0.2, 0) is 0 Å². The first-order valence-corrected chi connectivity index (χ1v) is 7.96. The molecule has 0 spiro atoms. The topological polar surface area (TPSA) is 69.2 Å². The highest BCUT2D eigenvalue weighted by Crippen LogP contribution is 2.28. The van der Waals surface area contributed by atoms with E-state index in [1.807, 2.05) is 13.8 Å². The summed E-state index contributed by atoms with van der Waals surface area (Å²) in [6, 6.07) is 9.20. The van der Waals surface area contributed by atoms with Crippen molar-refractivity contribution in [3.63, 3.8) is 0 Å². The molecule has 1 amide bonds. The maximum Gasteiger partial charge on any atom is 0.271 e. The van der Waals surface area contributed by atoms with E-state index < -0.39 is 11.7 Å². The van der Waals surface area contributed by atoms with E-state index in [0.29, 0.717) is 22.6 Å². The summed E-state index contributed by atoms with van der Waals surface area (Å²) in [4.78, 5) is 12.2. The molecule has 0 fully saturated rings. The van der Waals surface area contributed by atoms with Gasteiger partial charge >= 0.3 is 0 Å². The van der Waals surface area contributed by atoms with Gasteiger partial charge < -0.3 is 14.2 Å². The average Bonchev–Trinajstić information content (AvgIpc) is 2.61. The molecule has 2 aromatic carbocycles. The number of hydrazone groups is 1. The molecule has 0 unspecified atom stereocenters. The lowest BCUT2D eigenvalue weighted by Crippen LogP contribution is -2.18. The van der Waals surface area contributed by atoms with Gasteiger partial charge in [-0.05, 0) is 55.8 Å². The smallest absolute Gasteiger partial charge is 0.271 e. The Labute approximate surface area is 151 Å². The monoisotopic (exact) mass is 360 g/mol. The molecular weight excluding hydrogens is 339 g/mol. The molecule has 138 valence electrons. The van der Waals surface area contributed by atoms with E-state index in [-0.39, 0.29) is 11.9 Å². The van der Waals surface area contributed by atoms with E-state index in [9.17, 15) is 9.18 Å². The quantitative estimate of drug-likeness (QED) is 0.607. The van der Waals surface area contributed by atoms with Gasteiger partial charge in [-0.2, -0.15) is 5.10 Å². The van der Waals surface area contributed by atoms with Crippen molar-refractivity contribution in [2.24, 2.45) is 5.10 Å². The first-order chi connectivity index (χ1) is 12.4. The lowest BCUT2D eigenvalue weighted by molar-refractivity contribution is 0.0954. The summed E-state index contributed by atoms with van der Waals surface area (Å²) >= 11 is 0. The minimum atomic E-state index is -0.506. The Kier molecular flexibility index (Phi) is 6.54. The van der Waals surface area contributed by atoms with Crippen LogP contribution >= 0.6 is 0 Å². The van der Waals surface area contributed by atoms with E-state index in [0.717, 1.165) is 0 Å².